The highest BCUT2D eigenvalue weighted by Gasteiger charge is 2.32. The Morgan fingerprint density at radius 3 is 2.24 bits per heavy atom. The summed E-state index contributed by atoms with van der Waals surface area (Å²) < 4.78 is 86.6. The van der Waals surface area contributed by atoms with Gasteiger partial charge in [-0.1, -0.05) is 18.2 Å². The van der Waals surface area contributed by atoms with E-state index in [1.54, 1.807) is 0 Å². The van der Waals surface area contributed by atoms with Gasteiger partial charge in [-0.2, -0.15) is 22.0 Å². The highest BCUT2D eigenvalue weighted by atomic mass is 32.2. The SMILES string of the molecule is O=C(Nc1ccccc1S(=O)(=O)C(F)F)c1cccc(C(F)(F)F)c1. The number of anilines is 1. The Hall–Kier alpha value is -2.49. The summed E-state index contributed by atoms with van der Waals surface area (Å²) in [6.45, 7) is 0. The number of halogens is 5. The largest absolute Gasteiger partial charge is 0.416 e. The van der Waals surface area contributed by atoms with E-state index in [9.17, 15) is 35.2 Å². The number of sulfone groups is 1. The molecule has 1 amide bonds. The van der Waals surface area contributed by atoms with E-state index in [1.165, 1.54) is 12.1 Å². The lowest BCUT2D eigenvalue weighted by Crippen LogP contribution is -2.18. The van der Waals surface area contributed by atoms with Gasteiger partial charge in [-0.3, -0.25) is 4.79 Å². The second-order valence-corrected chi connectivity index (χ2v) is 6.72. The molecule has 2 rings (SSSR count). The van der Waals surface area contributed by atoms with Crippen molar-refractivity contribution >= 4 is 21.4 Å². The molecule has 25 heavy (non-hydrogen) atoms. The quantitative estimate of drug-likeness (QED) is 0.818. The molecular weight excluding hydrogens is 369 g/mol. The summed E-state index contributed by atoms with van der Waals surface area (Å²) in [5.41, 5.74) is -1.93. The predicted molar refractivity (Wildman–Crippen MR) is 79.0 cm³/mol. The summed E-state index contributed by atoms with van der Waals surface area (Å²) in [7, 11) is -4.99. The van der Waals surface area contributed by atoms with Gasteiger partial charge in [0.2, 0.25) is 9.84 Å². The minimum atomic E-state index is -4.99. The average molecular weight is 379 g/mol. The molecule has 0 spiro atoms. The summed E-state index contributed by atoms with van der Waals surface area (Å²) in [5, 5.41) is 2.05. The fourth-order valence-corrected chi connectivity index (χ4v) is 2.83. The smallest absolute Gasteiger partial charge is 0.321 e. The van der Waals surface area contributed by atoms with Gasteiger partial charge in [-0.15, -0.1) is 0 Å². The third-order valence-corrected chi connectivity index (χ3v) is 4.57. The fourth-order valence-electron chi connectivity index (χ4n) is 1.95. The maximum atomic E-state index is 12.7. The first-order valence-corrected chi connectivity index (χ1v) is 8.18. The zero-order valence-corrected chi connectivity index (χ0v) is 13.0. The van der Waals surface area contributed by atoms with Crippen molar-refractivity contribution in [3.05, 3.63) is 59.7 Å². The van der Waals surface area contributed by atoms with Crippen LogP contribution in [0, 0.1) is 0 Å². The van der Waals surface area contributed by atoms with E-state index >= 15 is 0 Å². The van der Waals surface area contributed by atoms with Crippen LogP contribution in [0.5, 0.6) is 0 Å². The van der Waals surface area contributed by atoms with E-state index in [2.05, 4.69) is 0 Å². The van der Waals surface area contributed by atoms with Crippen molar-refractivity contribution in [2.45, 2.75) is 16.8 Å². The van der Waals surface area contributed by atoms with Crippen molar-refractivity contribution in [3.63, 3.8) is 0 Å². The number of alkyl halides is 5. The fraction of sp³-hybridized carbons (Fsp3) is 0.133. The van der Waals surface area contributed by atoms with Gasteiger partial charge in [-0.05, 0) is 30.3 Å². The maximum absolute atomic E-state index is 12.7. The van der Waals surface area contributed by atoms with Gasteiger partial charge in [0.1, 0.15) is 0 Å². The van der Waals surface area contributed by atoms with Crippen LogP contribution in [0.1, 0.15) is 15.9 Å². The molecule has 2 aromatic carbocycles. The van der Waals surface area contributed by atoms with E-state index in [4.69, 9.17) is 0 Å². The van der Waals surface area contributed by atoms with Gasteiger partial charge < -0.3 is 5.32 Å². The summed E-state index contributed by atoms with van der Waals surface area (Å²) in [6.07, 6.45) is -4.67. The summed E-state index contributed by atoms with van der Waals surface area (Å²) in [5.74, 6) is -4.78. The van der Waals surface area contributed by atoms with Crippen LogP contribution < -0.4 is 5.32 Å². The van der Waals surface area contributed by atoms with E-state index < -0.39 is 49.4 Å². The Labute approximate surface area is 139 Å². The highest BCUT2D eigenvalue weighted by molar-refractivity contribution is 7.91. The lowest BCUT2D eigenvalue weighted by molar-refractivity contribution is -0.137. The van der Waals surface area contributed by atoms with Crippen LogP contribution in [-0.2, 0) is 16.0 Å². The average Bonchev–Trinajstić information content (AvgIpc) is 2.54. The second kappa shape index (κ2) is 6.79. The summed E-state index contributed by atoms with van der Waals surface area (Å²) in [4.78, 5) is 11.3. The van der Waals surface area contributed by atoms with Gasteiger partial charge in [0, 0.05) is 5.56 Å². The molecule has 0 aliphatic carbocycles. The number of nitrogens with one attached hydrogen (secondary N) is 1. The molecule has 2 aromatic rings. The number of hydrogen-bond donors (Lipinski definition) is 1. The Bertz CT molecular complexity index is 894. The number of hydrogen-bond acceptors (Lipinski definition) is 3. The van der Waals surface area contributed by atoms with Crippen molar-refractivity contribution < 1.29 is 35.2 Å². The Morgan fingerprint density at radius 1 is 1.00 bits per heavy atom. The maximum Gasteiger partial charge on any atom is 0.416 e. The molecule has 1 N–H and O–H groups in total. The van der Waals surface area contributed by atoms with Crippen LogP contribution in [0.4, 0.5) is 27.6 Å². The molecule has 0 aliphatic rings. The van der Waals surface area contributed by atoms with Gasteiger partial charge in [-0.25, -0.2) is 8.42 Å². The predicted octanol–water partition coefficient (Wildman–Crippen LogP) is 3.95. The number of amides is 1. The minimum Gasteiger partial charge on any atom is -0.321 e. The zero-order valence-electron chi connectivity index (χ0n) is 12.2. The van der Waals surface area contributed by atoms with Crippen LogP contribution in [0.2, 0.25) is 0 Å². The standard InChI is InChI=1S/C15H10F5NO3S/c16-14(17)25(23,24)12-7-2-1-6-11(12)21-13(22)9-4-3-5-10(8-9)15(18,19)20/h1-8,14H,(H,21,22). The third-order valence-electron chi connectivity index (χ3n) is 3.13. The lowest BCUT2D eigenvalue weighted by atomic mass is 10.1. The Morgan fingerprint density at radius 2 is 1.64 bits per heavy atom. The van der Waals surface area contributed by atoms with Crippen molar-refractivity contribution in [1.29, 1.82) is 0 Å². The van der Waals surface area contributed by atoms with Crippen molar-refractivity contribution in [2.24, 2.45) is 0 Å². The monoisotopic (exact) mass is 379 g/mol. The van der Waals surface area contributed by atoms with Gasteiger partial charge in [0.05, 0.1) is 16.1 Å². The molecule has 0 bridgehead atoms. The zero-order chi connectivity index (χ0) is 18.8. The van der Waals surface area contributed by atoms with Crippen LogP contribution in [-0.4, -0.2) is 20.1 Å². The van der Waals surface area contributed by atoms with E-state index in [1.807, 2.05) is 5.32 Å². The van der Waals surface area contributed by atoms with Crippen molar-refractivity contribution in [2.75, 3.05) is 5.32 Å². The molecule has 0 saturated carbocycles. The Kier molecular flexibility index (Phi) is 5.12. The van der Waals surface area contributed by atoms with Gasteiger partial charge >= 0.3 is 11.9 Å². The molecule has 0 radical (unpaired) electrons. The van der Waals surface area contributed by atoms with Crippen LogP contribution in [0.3, 0.4) is 0 Å². The van der Waals surface area contributed by atoms with Gasteiger partial charge in [0.15, 0.2) is 0 Å². The summed E-state index contributed by atoms with van der Waals surface area (Å²) in [6, 6.07) is 7.78. The number of benzene rings is 2. The molecule has 0 atom stereocenters. The number of carbonyl (C=O) groups excluding carboxylic acids is 1. The first-order valence-electron chi connectivity index (χ1n) is 6.63. The van der Waals surface area contributed by atoms with Gasteiger partial charge in [0.25, 0.3) is 5.91 Å². The molecule has 0 aromatic heterocycles. The molecule has 0 unspecified atom stereocenters. The molecule has 134 valence electrons. The van der Waals surface area contributed by atoms with E-state index in [0.29, 0.717) is 6.07 Å². The Balaban J connectivity index is 2.37. The molecular formula is C15H10F5NO3S. The minimum absolute atomic E-state index is 0.404. The van der Waals surface area contributed by atoms with E-state index in [-0.39, 0.29) is 0 Å². The van der Waals surface area contributed by atoms with Crippen molar-refractivity contribution in [1.82, 2.24) is 0 Å². The lowest BCUT2D eigenvalue weighted by Gasteiger charge is -2.12. The molecule has 0 fully saturated rings. The van der Waals surface area contributed by atoms with Crippen LogP contribution >= 0.6 is 0 Å². The van der Waals surface area contributed by atoms with Crippen LogP contribution in [0.25, 0.3) is 0 Å². The normalized spacial score (nSPS) is 12.2. The first kappa shape index (κ1) is 18.8. The molecule has 0 saturated heterocycles. The topological polar surface area (TPSA) is 63.2 Å². The second-order valence-electron chi connectivity index (χ2n) is 4.83. The van der Waals surface area contributed by atoms with Crippen molar-refractivity contribution in [3.8, 4) is 0 Å². The number of para-hydroxylation sites is 1. The molecule has 0 aliphatic heterocycles. The molecule has 0 heterocycles. The highest BCUT2D eigenvalue weighted by Crippen LogP contribution is 2.30. The molecule has 10 heteroatoms. The molecule has 4 nitrogen and oxygen atoms in total. The third kappa shape index (κ3) is 4.13. The number of carbonyl (C=O) groups is 1. The number of rotatable bonds is 4. The van der Waals surface area contributed by atoms with E-state index in [0.717, 1.165) is 30.3 Å². The summed E-state index contributed by atoms with van der Waals surface area (Å²) >= 11 is 0. The first-order chi connectivity index (χ1) is 11.5. The van der Waals surface area contributed by atoms with Crippen LogP contribution in [0.15, 0.2) is 53.4 Å².